The van der Waals surface area contributed by atoms with Gasteiger partial charge in [0.1, 0.15) is 0 Å². The molecule has 0 aliphatic carbocycles. The number of para-hydroxylation sites is 2. The number of hydrogen-bond donors (Lipinski definition) is 1. The van der Waals surface area contributed by atoms with E-state index in [1.165, 1.54) is 12.1 Å². The molecule has 4 heteroatoms. The van der Waals surface area contributed by atoms with Crippen molar-refractivity contribution in [2.24, 2.45) is 0 Å². The maximum atomic E-state index is 11.7. The summed E-state index contributed by atoms with van der Waals surface area (Å²) >= 11 is 0. The number of piperidine rings is 1. The van der Waals surface area contributed by atoms with Crippen molar-refractivity contribution >= 4 is 17.3 Å². The zero-order chi connectivity index (χ0) is 14.5. The van der Waals surface area contributed by atoms with E-state index in [0.717, 1.165) is 31.6 Å². The third-order valence-electron chi connectivity index (χ3n) is 3.95. The van der Waals surface area contributed by atoms with Crippen LogP contribution in [0.1, 0.15) is 26.2 Å². The summed E-state index contributed by atoms with van der Waals surface area (Å²) < 4.78 is 0. The summed E-state index contributed by atoms with van der Waals surface area (Å²) in [5.74, 6) is 0.192. The van der Waals surface area contributed by atoms with E-state index in [-0.39, 0.29) is 5.91 Å². The molecule has 1 fully saturated rings. The highest BCUT2D eigenvalue weighted by Gasteiger charge is 2.24. The number of benzene rings is 1. The van der Waals surface area contributed by atoms with Crippen LogP contribution in [-0.2, 0) is 4.79 Å². The molecule has 1 N–H and O–H groups in total. The molecule has 110 valence electrons. The van der Waals surface area contributed by atoms with Gasteiger partial charge in [-0.05, 0) is 31.4 Å². The average molecular weight is 275 g/mol. The number of rotatable bonds is 4. The van der Waals surface area contributed by atoms with Crippen molar-refractivity contribution in [1.82, 2.24) is 4.90 Å². The Morgan fingerprint density at radius 3 is 2.80 bits per heavy atom. The molecule has 2 rings (SSSR count). The van der Waals surface area contributed by atoms with E-state index in [0.29, 0.717) is 6.04 Å². The molecule has 1 heterocycles. The Balaban J connectivity index is 2.02. The van der Waals surface area contributed by atoms with Crippen molar-refractivity contribution in [3.8, 4) is 0 Å². The fraction of sp³-hybridized carbons (Fsp3) is 0.562. The summed E-state index contributed by atoms with van der Waals surface area (Å²) in [7, 11) is 4.09. The number of carbonyl (C=O) groups is 1. The molecule has 0 aromatic heterocycles. The lowest BCUT2D eigenvalue weighted by molar-refractivity contribution is -0.132. The van der Waals surface area contributed by atoms with Crippen molar-refractivity contribution in [2.45, 2.75) is 32.2 Å². The highest BCUT2D eigenvalue weighted by molar-refractivity contribution is 5.74. The molecule has 0 bridgehead atoms. The number of nitrogens with one attached hydrogen (secondary N) is 1. The third kappa shape index (κ3) is 3.44. The van der Waals surface area contributed by atoms with E-state index in [1.54, 1.807) is 6.92 Å². The average Bonchev–Trinajstić information content (AvgIpc) is 2.45. The Bertz CT molecular complexity index is 459. The molecule has 0 radical (unpaired) electrons. The summed E-state index contributed by atoms with van der Waals surface area (Å²) in [6.45, 7) is 3.40. The Kier molecular flexibility index (Phi) is 4.88. The van der Waals surface area contributed by atoms with E-state index in [1.807, 2.05) is 31.1 Å². The van der Waals surface area contributed by atoms with Crippen LogP contribution in [0.2, 0.25) is 0 Å². The summed E-state index contributed by atoms with van der Waals surface area (Å²) in [5, 5.41) is 3.51. The normalized spacial score (nSPS) is 18.8. The van der Waals surface area contributed by atoms with Gasteiger partial charge in [0, 0.05) is 40.2 Å². The maximum Gasteiger partial charge on any atom is 0.219 e. The number of nitrogens with zero attached hydrogens (tertiary/aromatic N) is 2. The predicted octanol–water partition coefficient (Wildman–Crippen LogP) is 2.57. The van der Waals surface area contributed by atoms with Crippen LogP contribution in [0.5, 0.6) is 0 Å². The largest absolute Gasteiger partial charge is 0.381 e. The number of carbonyl (C=O) groups excluding carboxylic acids is 1. The lowest BCUT2D eigenvalue weighted by Gasteiger charge is -2.35. The van der Waals surface area contributed by atoms with E-state index < -0.39 is 0 Å². The van der Waals surface area contributed by atoms with Gasteiger partial charge in [0.05, 0.1) is 11.4 Å². The third-order valence-corrected chi connectivity index (χ3v) is 3.95. The molecule has 0 spiro atoms. The van der Waals surface area contributed by atoms with Crippen molar-refractivity contribution in [1.29, 1.82) is 0 Å². The van der Waals surface area contributed by atoms with Gasteiger partial charge < -0.3 is 15.1 Å². The number of hydrogen-bond acceptors (Lipinski definition) is 3. The highest BCUT2D eigenvalue weighted by Crippen LogP contribution is 2.24. The first-order valence-corrected chi connectivity index (χ1v) is 7.37. The molecule has 1 amide bonds. The van der Waals surface area contributed by atoms with Crippen LogP contribution in [0.3, 0.4) is 0 Å². The SMILES string of the molecule is CC(=O)N1CCCCC1CNc1ccccc1N(C)C. The van der Waals surface area contributed by atoms with Gasteiger partial charge in [0.15, 0.2) is 0 Å². The van der Waals surface area contributed by atoms with E-state index in [4.69, 9.17) is 0 Å². The van der Waals surface area contributed by atoms with Gasteiger partial charge in [0.2, 0.25) is 5.91 Å². The van der Waals surface area contributed by atoms with Gasteiger partial charge in [0.25, 0.3) is 0 Å². The predicted molar refractivity (Wildman–Crippen MR) is 84.3 cm³/mol. The molecule has 1 atom stereocenters. The molecule has 0 saturated carbocycles. The molecule has 4 nitrogen and oxygen atoms in total. The van der Waals surface area contributed by atoms with Gasteiger partial charge in [-0.3, -0.25) is 4.79 Å². The molecule has 20 heavy (non-hydrogen) atoms. The van der Waals surface area contributed by atoms with Gasteiger partial charge in [-0.15, -0.1) is 0 Å². The first-order valence-electron chi connectivity index (χ1n) is 7.37. The Hall–Kier alpha value is -1.71. The standard InChI is InChI=1S/C16H25N3O/c1-13(20)19-11-7-6-8-14(19)12-17-15-9-4-5-10-16(15)18(2)3/h4-5,9-10,14,17H,6-8,11-12H2,1-3H3. The minimum absolute atomic E-state index is 0.192. The van der Waals surface area contributed by atoms with Crippen molar-refractivity contribution in [3.05, 3.63) is 24.3 Å². The maximum absolute atomic E-state index is 11.7. The highest BCUT2D eigenvalue weighted by atomic mass is 16.2. The molecule has 1 saturated heterocycles. The smallest absolute Gasteiger partial charge is 0.219 e. The van der Waals surface area contributed by atoms with Crippen LogP contribution in [0, 0.1) is 0 Å². The number of anilines is 2. The summed E-state index contributed by atoms with van der Waals surface area (Å²) in [6.07, 6.45) is 3.44. The first-order chi connectivity index (χ1) is 9.59. The van der Waals surface area contributed by atoms with Crippen LogP contribution in [0.25, 0.3) is 0 Å². The monoisotopic (exact) mass is 275 g/mol. The molecule has 1 aromatic rings. The van der Waals surface area contributed by atoms with Crippen molar-refractivity contribution < 1.29 is 4.79 Å². The van der Waals surface area contributed by atoms with E-state index in [9.17, 15) is 4.79 Å². The number of likely N-dealkylation sites (tertiary alicyclic amines) is 1. The zero-order valence-electron chi connectivity index (χ0n) is 12.7. The Labute approximate surface area is 121 Å². The van der Waals surface area contributed by atoms with Crippen LogP contribution in [0.4, 0.5) is 11.4 Å². The Morgan fingerprint density at radius 2 is 2.10 bits per heavy atom. The van der Waals surface area contributed by atoms with Crippen molar-refractivity contribution in [2.75, 3.05) is 37.4 Å². The molecular weight excluding hydrogens is 250 g/mol. The molecule has 1 aromatic carbocycles. The second-order valence-electron chi connectivity index (χ2n) is 5.65. The van der Waals surface area contributed by atoms with Gasteiger partial charge in [-0.2, -0.15) is 0 Å². The Morgan fingerprint density at radius 1 is 1.35 bits per heavy atom. The van der Waals surface area contributed by atoms with Crippen LogP contribution >= 0.6 is 0 Å². The molecule has 1 aliphatic heterocycles. The van der Waals surface area contributed by atoms with Crippen LogP contribution in [-0.4, -0.2) is 44.0 Å². The minimum atomic E-state index is 0.192. The first kappa shape index (κ1) is 14.7. The fourth-order valence-corrected chi connectivity index (χ4v) is 2.87. The minimum Gasteiger partial charge on any atom is -0.381 e. The lowest BCUT2D eigenvalue weighted by atomic mass is 10.0. The fourth-order valence-electron chi connectivity index (χ4n) is 2.87. The summed E-state index contributed by atoms with van der Waals surface area (Å²) in [5.41, 5.74) is 2.31. The summed E-state index contributed by atoms with van der Waals surface area (Å²) in [4.78, 5) is 15.8. The van der Waals surface area contributed by atoms with Gasteiger partial charge in [-0.1, -0.05) is 12.1 Å². The van der Waals surface area contributed by atoms with Gasteiger partial charge >= 0.3 is 0 Å². The van der Waals surface area contributed by atoms with E-state index >= 15 is 0 Å². The quantitative estimate of drug-likeness (QED) is 0.917. The van der Waals surface area contributed by atoms with Crippen LogP contribution in [0.15, 0.2) is 24.3 Å². The lowest BCUT2D eigenvalue weighted by Crippen LogP contribution is -2.46. The topological polar surface area (TPSA) is 35.6 Å². The second kappa shape index (κ2) is 6.64. The second-order valence-corrected chi connectivity index (χ2v) is 5.65. The van der Waals surface area contributed by atoms with Crippen molar-refractivity contribution in [3.63, 3.8) is 0 Å². The van der Waals surface area contributed by atoms with Crippen LogP contribution < -0.4 is 10.2 Å². The summed E-state index contributed by atoms with van der Waals surface area (Å²) in [6, 6.07) is 8.60. The number of amides is 1. The molecular formula is C16H25N3O. The molecule has 1 aliphatic rings. The van der Waals surface area contributed by atoms with E-state index in [2.05, 4.69) is 22.3 Å². The zero-order valence-corrected chi connectivity index (χ0v) is 12.7. The van der Waals surface area contributed by atoms with Gasteiger partial charge in [-0.25, -0.2) is 0 Å². The molecule has 1 unspecified atom stereocenters.